The SMILES string of the molecule is Cn1c(=NC(=O)C2CCN(C(=O)c3cccs3)CC2)sc2ccccc21. The van der Waals surface area contributed by atoms with Crippen LogP contribution in [0.2, 0.25) is 0 Å². The lowest BCUT2D eigenvalue weighted by Crippen LogP contribution is -2.40. The third kappa shape index (κ3) is 3.24. The number of carbonyl (C=O) groups excluding carboxylic acids is 2. The molecule has 134 valence electrons. The Kier molecular flexibility index (Phi) is 4.74. The summed E-state index contributed by atoms with van der Waals surface area (Å²) in [6, 6.07) is 11.8. The third-order valence-corrected chi connectivity index (χ3v) is 6.75. The van der Waals surface area contributed by atoms with Crippen LogP contribution in [-0.4, -0.2) is 34.4 Å². The van der Waals surface area contributed by atoms with Gasteiger partial charge in [0.15, 0.2) is 4.80 Å². The van der Waals surface area contributed by atoms with Gasteiger partial charge >= 0.3 is 0 Å². The number of carbonyl (C=O) groups is 2. The van der Waals surface area contributed by atoms with Gasteiger partial charge in [0.1, 0.15) is 0 Å². The van der Waals surface area contributed by atoms with E-state index in [1.807, 2.05) is 58.3 Å². The molecular weight excluding hydrogens is 366 g/mol. The molecule has 0 radical (unpaired) electrons. The lowest BCUT2D eigenvalue weighted by molar-refractivity contribution is -0.123. The van der Waals surface area contributed by atoms with E-state index in [4.69, 9.17) is 0 Å². The Morgan fingerprint density at radius 2 is 1.88 bits per heavy atom. The van der Waals surface area contributed by atoms with Crippen LogP contribution in [0.5, 0.6) is 0 Å². The minimum atomic E-state index is -0.104. The molecule has 1 saturated heterocycles. The molecule has 0 unspecified atom stereocenters. The predicted molar refractivity (Wildman–Crippen MR) is 104 cm³/mol. The minimum Gasteiger partial charge on any atom is -0.338 e. The highest BCUT2D eigenvalue weighted by molar-refractivity contribution is 7.16. The molecule has 1 aromatic carbocycles. The molecule has 3 aromatic rings. The molecule has 2 amide bonds. The minimum absolute atomic E-state index is 0.0683. The van der Waals surface area contributed by atoms with Gasteiger partial charge in [-0.15, -0.1) is 11.3 Å². The van der Waals surface area contributed by atoms with E-state index in [9.17, 15) is 9.59 Å². The van der Waals surface area contributed by atoms with Gasteiger partial charge < -0.3 is 9.47 Å². The van der Waals surface area contributed by atoms with Crippen molar-refractivity contribution in [3.63, 3.8) is 0 Å². The Labute approximate surface area is 159 Å². The zero-order valence-corrected chi connectivity index (χ0v) is 16.1. The first-order chi connectivity index (χ1) is 12.6. The second kappa shape index (κ2) is 7.17. The number of benzene rings is 1. The van der Waals surface area contributed by atoms with Crippen molar-refractivity contribution in [3.05, 3.63) is 51.5 Å². The fourth-order valence-corrected chi connectivity index (χ4v) is 4.97. The Morgan fingerprint density at radius 3 is 2.58 bits per heavy atom. The van der Waals surface area contributed by atoms with Crippen LogP contribution in [0.25, 0.3) is 10.2 Å². The van der Waals surface area contributed by atoms with Gasteiger partial charge in [0.2, 0.25) is 0 Å². The molecule has 0 bridgehead atoms. The van der Waals surface area contributed by atoms with Crippen molar-refractivity contribution < 1.29 is 9.59 Å². The van der Waals surface area contributed by atoms with Gasteiger partial charge in [-0.05, 0) is 36.4 Å². The quantitative estimate of drug-likeness (QED) is 0.680. The highest BCUT2D eigenvalue weighted by atomic mass is 32.1. The van der Waals surface area contributed by atoms with Crippen molar-refractivity contribution >= 4 is 44.7 Å². The van der Waals surface area contributed by atoms with Crippen LogP contribution >= 0.6 is 22.7 Å². The molecule has 0 aliphatic carbocycles. The number of amides is 2. The molecule has 26 heavy (non-hydrogen) atoms. The van der Waals surface area contributed by atoms with Crippen molar-refractivity contribution in [2.45, 2.75) is 12.8 Å². The zero-order chi connectivity index (χ0) is 18.1. The van der Waals surface area contributed by atoms with Crippen LogP contribution < -0.4 is 4.80 Å². The maximum absolute atomic E-state index is 12.6. The van der Waals surface area contributed by atoms with E-state index >= 15 is 0 Å². The summed E-state index contributed by atoms with van der Waals surface area (Å²) < 4.78 is 3.09. The van der Waals surface area contributed by atoms with Crippen LogP contribution in [-0.2, 0) is 11.8 Å². The summed E-state index contributed by atoms with van der Waals surface area (Å²) in [5, 5.41) is 1.91. The number of para-hydroxylation sites is 1. The number of thiazole rings is 1. The highest BCUT2D eigenvalue weighted by Gasteiger charge is 2.28. The fourth-order valence-electron chi connectivity index (χ4n) is 3.26. The van der Waals surface area contributed by atoms with Crippen LogP contribution in [0.15, 0.2) is 46.8 Å². The molecule has 4 rings (SSSR count). The number of piperidine rings is 1. The summed E-state index contributed by atoms with van der Waals surface area (Å²) in [7, 11) is 1.94. The van der Waals surface area contributed by atoms with Crippen molar-refractivity contribution in [2.75, 3.05) is 13.1 Å². The lowest BCUT2D eigenvalue weighted by Gasteiger charge is -2.30. The molecule has 1 aliphatic rings. The largest absolute Gasteiger partial charge is 0.338 e. The van der Waals surface area contributed by atoms with Gasteiger partial charge in [-0.25, -0.2) is 0 Å². The molecule has 2 aromatic heterocycles. The average Bonchev–Trinajstić information content (AvgIpc) is 3.31. The van der Waals surface area contributed by atoms with Gasteiger partial charge in [0.05, 0.1) is 15.1 Å². The van der Waals surface area contributed by atoms with E-state index in [-0.39, 0.29) is 17.7 Å². The van der Waals surface area contributed by atoms with Gasteiger partial charge in [0.25, 0.3) is 11.8 Å². The maximum atomic E-state index is 12.6. The van der Waals surface area contributed by atoms with E-state index in [1.165, 1.54) is 22.7 Å². The molecule has 7 heteroatoms. The number of fused-ring (bicyclic) bond motifs is 1. The van der Waals surface area contributed by atoms with Crippen molar-refractivity contribution in [2.24, 2.45) is 18.0 Å². The van der Waals surface area contributed by atoms with Gasteiger partial charge in [0, 0.05) is 26.1 Å². The molecule has 1 aliphatic heterocycles. The zero-order valence-electron chi connectivity index (χ0n) is 14.4. The maximum Gasteiger partial charge on any atom is 0.263 e. The number of hydrogen-bond donors (Lipinski definition) is 0. The average molecular weight is 386 g/mol. The monoisotopic (exact) mass is 385 g/mol. The Hall–Kier alpha value is -2.25. The van der Waals surface area contributed by atoms with Crippen LogP contribution in [0.3, 0.4) is 0 Å². The first-order valence-corrected chi connectivity index (χ1v) is 10.3. The van der Waals surface area contributed by atoms with Crippen molar-refractivity contribution in [1.29, 1.82) is 0 Å². The van der Waals surface area contributed by atoms with E-state index in [0.717, 1.165) is 19.9 Å². The summed E-state index contributed by atoms with van der Waals surface area (Å²) in [6.07, 6.45) is 1.35. The second-order valence-electron chi connectivity index (χ2n) is 6.41. The molecule has 0 N–H and O–H groups in total. The molecule has 0 saturated carbocycles. The number of hydrogen-bond acceptors (Lipinski definition) is 4. The molecule has 1 fully saturated rings. The molecule has 0 spiro atoms. The van der Waals surface area contributed by atoms with Crippen LogP contribution in [0.1, 0.15) is 22.5 Å². The first-order valence-electron chi connectivity index (χ1n) is 8.59. The Bertz CT molecular complexity index is 1010. The number of aromatic nitrogens is 1. The summed E-state index contributed by atoms with van der Waals surface area (Å²) in [4.78, 5) is 32.7. The van der Waals surface area contributed by atoms with Crippen molar-refractivity contribution in [3.8, 4) is 0 Å². The Morgan fingerprint density at radius 1 is 1.12 bits per heavy atom. The normalized spacial score (nSPS) is 16.3. The lowest BCUT2D eigenvalue weighted by atomic mass is 9.96. The van der Waals surface area contributed by atoms with Crippen LogP contribution in [0, 0.1) is 5.92 Å². The van der Waals surface area contributed by atoms with E-state index in [1.54, 1.807) is 0 Å². The van der Waals surface area contributed by atoms with E-state index in [0.29, 0.717) is 25.9 Å². The van der Waals surface area contributed by atoms with E-state index < -0.39 is 0 Å². The standard InChI is InChI=1S/C19H19N3O2S2/c1-21-14-5-2-3-6-15(14)26-19(21)20-17(23)13-8-10-22(11-9-13)18(24)16-7-4-12-25-16/h2-7,12-13H,8-11H2,1H3. The van der Waals surface area contributed by atoms with Gasteiger partial charge in [-0.3, -0.25) is 9.59 Å². The number of rotatable bonds is 2. The van der Waals surface area contributed by atoms with Gasteiger partial charge in [-0.2, -0.15) is 4.99 Å². The first kappa shape index (κ1) is 17.2. The number of thiophene rings is 1. The number of nitrogens with zero attached hydrogens (tertiary/aromatic N) is 3. The van der Waals surface area contributed by atoms with E-state index in [2.05, 4.69) is 4.99 Å². The molecule has 5 nitrogen and oxygen atoms in total. The van der Waals surface area contributed by atoms with Gasteiger partial charge in [-0.1, -0.05) is 29.5 Å². The number of aryl methyl sites for hydroxylation is 1. The summed E-state index contributed by atoms with van der Waals surface area (Å²) in [6.45, 7) is 1.22. The molecular formula is C19H19N3O2S2. The molecule has 3 heterocycles. The summed E-state index contributed by atoms with van der Waals surface area (Å²) in [5.74, 6) is -0.110. The van der Waals surface area contributed by atoms with Crippen LogP contribution in [0.4, 0.5) is 0 Å². The second-order valence-corrected chi connectivity index (χ2v) is 8.36. The summed E-state index contributed by atoms with van der Waals surface area (Å²) in [5.41, 5.74) is 1.08. The van der Waals surface area contributed by atoms with Crippen molar-refractivity contribution in [1.82, 2.24) is 9.47 Å². The third-order valence-electron chi connectivity index (χ3n) is 4.78. The fraction of sp³-hybridized carbons (Fsp3) is 0.316. The molecule has 0 atom stereocenters. The predicted octanol–water partition coefficient (Wildman–Crippen LogP) is 3.28. The Balaban J connectivity index is 1.46. The topological polar surface area (TPSA) is 54.7 Å². The summed E-state index contributed by atoms with van der Waals surface area (Å²) >= 11 is 2.99. The number of likely N-dealkylation sites (tertiary alicyclic amines) is 1. The smallest absolute Gasteiger partial charge is 0.263 e. The highest BCUT2D eigenvalue weighted by Crippen LogP contribution is 2.22.